The fourth-order valence-corrected chi connectivity index (χ4v) is 5.13. The second-order valence-corrected chi connectivity index (χ2v) is 10.3. The zero-order valence-corrected chi connectivity index (χ0v) is 17.5. The number of hydrogen-bond donors (Lipinski definition) is 1. The molecular formula is C19H30N4O3S. The third kappa shape index (κ3) is 4.43. The highest BCUT2D eigenvalue weighted by molar-refractivity contribution is 7.90. The van der Waals surface area contributed by atoms with Crippen molar-refractivity contribution in [3.63, 3.8) is 0 Å². The fraction of sp³-hybridized carbons (Fsp3) is 0.684. The van der Waals surface area contributed by atoms with E-state index in [1.165, 1.54) is 0 Å². The molecule has 8 heteroatoms. The molecule has 0 spiro atoms. The predicted octanol–water partition coefficient (Wildman–Crippen LogP) is 1.74. The second kappa shape index (κ2) is 7.75. The number of pyridine rings is 1. The highest BCUT2D eigenvalue weighted by atomic mass is 32.2. The van der Waals surface area contributed by atoms with E-state index < -0.39 is 10.0 Å². The van der Waals surface area contributed by atoms with Crippen molar-refractivity contribution in [3.8, 4) is 0 Å². The molecule has 1 N–H and O–H groups in total. The Bertz CT molecular complexity index is 816. The molecule has 1 amide bonds. The number of hydrogen-bond acceptors (Lipinski definition) is 5. The number of sulfonamides is 1. The number of nitrogens with one attached hydrogen (secondary N) is 1. The molecule has 1 aliphatic heterocycles. The minimum Gasteiger partial charge on any atom is -0.369 e. The smallest absolute Gasteiger partial charge is 0.257 e. The quantitative estimate of drug-likeness (QED) is 0.795. The molecule has 1 aliphatic carbocycles. The zero-order chi connectivity index (χ0) is 19.8. The summed E-state index contributed by atoms with van der Waals surface area (Å²) < 4.78 is 26.8. The molecule has 2 aliphatic rings. The Labute approximate surface area is 162 Å². The van der Waals surface area contributed by atoms with E-state index in [1.807, 2.05) is 6.07 Å². The largest absolute Gasteiger partial charge is 0.369 e. The minimum absolute atomic E-state index is 0.0942. The topological polar surface area (TPSA) is 82.6 Å². The molecule has 1 aromatic heterocycles. The fourth-order valence-electron chi connectivity index (χ4n) is 3.28. The number of carbonyl (C=O) groups excluding carboxylic acids is 1. The van der Waals surface area contributed by atoms with Crippen LogP contribution in [0.25, 0.3) is 0 Å². The molecule has 0 aromatic carbocycles. The standard InChI is InChI=1S/C19H30N4O3S/c1-13(2)12-20-18-16(19(24)22(3)4)11-14-7-9-23(10-8-17(14)21-18)27(25,26)15-5-6-15/h11,13,15H,5-10,12H2,1-4H3,(H,20,21). The molecule has 27 heavy (non-hydrogen) atoms. The van der Waals surface area contributed by atoms with Crippen molar-refractivity contribution in [2.45, 2.75) is 44.8 Å². The molecule has 7 nitrogen and oxygen atoms in total. The summed E-state index contributed by atoms with van der Waals surface area (Å²) >= 11 is 0. The second-order valence-electron chi connectivity index (χ2n) is 8.11. The molecule has 1 aromatic rings. The number of fused-ring (bicyclic) bond motifs is 1. The maximum absolute atomic E-state index is 12.6. The van der Waals surface area contributed by atoms with Gasteiger partial charge in [0.05, 0.1) is 10.8 Å². The van der Waals surface area contributed by atoms with Gasteiger partial charge in [-0.1, -0.05) is 13.8 Å². The summed E-state index contributed by atoms with van der Waals surface area (Å²) in [6, 6.07) is 1.90. The van der Waals surface area contributed by atoms with E-state index in [-0.39, 0.29) is 11.2 Å². The minimum atomic E-state index is -3.19. The molecule has 2 heterocycles. The van der Waals surface area contributed by atoms with Crippen LogP contribution in [0.3, 0.4) is 0 Å². The molecular weight excluding hydrogens is 364 g/mol. The van der Waals surface area contributed by atoms with Gasteiger partial charge >= 0.3 is 0 Å². The first-order valence-electron chi connectivity index (χ1n) is 9.67. The van der Waals surface area contributed by atoms with Crippen LogP contribution in [0.2, 0.25) is 0 Å². The van der Waals surface area contributed by atoms with E-state index in [2.05, 4.69) is 19.2 Å². The van der Waals surface area contributed by atoms with Gasteiger partial charge in [-0.15, -0.1) is 0 Å². The lowest BCUT2D eigenvalue weighted by Gasteiger charge is -2.19. The molecule has 0 unspecified atom stereocenters. The van der Waals surface area contributed by atoms with Crippen molar-refractivity contribution in [1.82, 2.24) is 14.2 Å². The monoisotopic (exact) mass is 394 g/mol. The van der Waals surface area contributed by atoms with Gasteiger partial charge in [-0.25, -0.2) is 17.7 Å². The lowest BCUT2D eigenvalue weighted by atomic mass is 10.0. The van der Waals surface area contributed by atoms with Gasteiger partial charge in [-0.3, -0.25) is 4.79 Å². The molecule has 150 valence electrons. The molecule has 1 saturated carbocycles. The maximum atomic E-state index is 12.6. The Morgan fingerprint density at radius 3 is 2.56 bits per heavy atom. The van der Waals surface area contributed by atoms with Crippen molar-refractivity contribution in [1.29, 1.82) is 0 Å². The van der Waals surface area contributed by atoms with E-state index in [0.29, 0.717) is 43.2 Å². The summed E-state index contributed by atoms with van der Waals surface area (Å²) in [7, 11) is 0.266. The maximum Gasteiger partial charge on any atom is 0.257 e. The number of carbonyl (C=O) groups is 1. The Morgan fingerprint density at radius 1 is 1.30 bits per heavy atom. The van der Waals surface area contributed by atoms with Crippen molar-refractivity contribution in [2.24, 2.45) is 5.92 Å². The number of rotatable bonds is 6. The average Bonchev–Trinajstić information content (AvgIpc) is 3.45. The summed E-state index contributed by atoms with van der Waals surface area (Å²) in [5, 5.41) is 3.10. The first-order chi connectivity index (χ1) is 12.7. The Morgan fingerprint density at radius 2 is 1.96 bits per heavy atom. The van der Waals surface area contributed by atoms with Crippen molar-refractivity contribution >= 4 is 21.7 Å². The number of nitrogens with zero attached hydrogens (tertiary/aromatic N) is 3. The van der Waals surface area contributed by atoms with E-state index in [0.717, 1.165) is 30.6 Å². The van der Waals surface area contributed by atoms with Gasteiger partial charge in [0.2, 0.25) is 10.0 Å². The molecule has 0 saturated heterocycles. The van der Waals surface area contributed by atoms with Gasteiger partial charge in [0, 0.05) is 45.8 Å². The lowest BCUT2D eigenvalue weighted by Crippen LogP contribution is -2.35. The molecule has 1 fully saturated rings. The van der Waals surface area contributed by atoms with Crippen molar-refractivity contribution in [2.75, 3.05) is 39.0 Å². The van der Waals surface area contributed by atoms with E-state index in [4.69, 9.17) is 4.98 Å². The van der Waals surface area contributed by atoms with Crippen LogP contribution in [0.15, 0.2) is 6.07 Å². The molecule has 0 radical (unpaired) electrons. The first kappa shape index (κ1) is 20.1. The van der Waals surface area contributed by atoms with Gasteiger partial charge in [0.15, 0.2) is 0 Å². The van der Waals surface area contributed by atoms with Crippen LogP contribution >= 0.6 is 0 Å². The Kier molecular flexibility index (Phi) is 5.76. The van der Waals surface area contributed by atoms with Crippen molar-refractivity contribution < 1.29 is 13.2 Å². The summed E-state index contributed by atoms with van der Waals surface area (Å²) in [5.41, 5.74) is 2.42. The third-order valence-corrected chi connectivity index (χ3v) is 7.44. The predicted molar refractivity (Wildman–Crippen MR) is 107 cm³/mol. The van der Waals surface area contributed by atoms with Crippen LogP contribution < -0.4 is 5.32 Å². The van der Waals surface area contributed by atoms with Gasteiger partial charge in [-0.2, -0.15) is 0 Å². The van der Waals surface area contributed by atoms with E-state index >= 15 is 0 Å². The molecule has 0 bridgehead atoms. The highest BCUT2D eigenvalue weighted by Crippen LogP contribution is 2.32. The van der Waals surface area contributed by atoms with E-state index in [1.54, 1.807) is 23.3 Å². The van der Waals surface area contributed by atoms with Crippen LogP contribution in [0.5, 0.6) is 0 Å². The first-order valence-corrected chi connectivity index (χ1v) is 11.2. The van der Waals surface area contributed by atoms with Crippen LogP contribution in [0.1, 0.15) is 48.3 Å². The zero-order valence-electron chi connectivity index (χ0n) is 16.7. The number of anilines is 1. The summed E-state index contributed by atoms with van der Waals surface area (Å²) in [5.74, 6) is 0.926. The summed E-state index contributed by atoms with van der Waals surface area (Å²) in [6.45, 7) is 5.85. The Balaban J connectivity index is 1.89. The van der Waals surface area contributed by atoms with Gasteiger partial charge in [0.1, 0.15) is 5.82 Å². The van der Waals surface area contributed by atoms with Crippen LogP contribution in [0, 0.1) is 5.92 Å². The van der Waals surface area contributed by atoms with E-state index in [9.17, 15) is 13.2 Å². The lowest BCUT2D eigenvalue weighted by molar-refractivity contribution is 0.0828. The van der Waals surface area contributed by atoms with Crippen LogP contribution in [-0.2, 0) is 22.9 Å². The van der Waals surface area contributed by atoms with Gasteiger partial charge in [-0.05, 0) is 36.8 Å². The van der Waals surface area contributed by atoms with Gasteiger partial charge < -0.3 is 10.2 Å². The summed E-state index contributed by atoms with van der Waals surface area (Å²) in [4.78, 5) is 18.9. The summed E-state index contributed by atoms with van der Waals surface area (Å²) in [6.07, 6.45) is 2.71. The SMILES string of the molecule is CC(C)CNc1nc2c(cc1C(=O)N(C)C)CCN(S(=O)(=O)C1CC1)CC2. The van der Waals surface area contributed by atoms with Gasteiger partial charge in [0.25, 0.3) is 5.91 Å². The molecule has 0 atom stereocenters. The average molecular weight is 395 g/mol. The number of amides is 1. The third-order valence-electron chi connectivity index (χ3n) is 5.04. The Hall–Kier alpha value is -1.67. The normalized spacial score (nSPS) is 18.1. The van der Waals surface area contributed by atoms with Crippen molar-refractivity contribution in [3.05, 3.63) is 22.9 Å². The molecule has 3 rings (SSSR count). The number of aromatic nitrogens is 1. The van der Waals surface area contributed by atoms with Crippen LogP contribution in [-0.4, -0.2) is 67.5 Å². The highest BCUT2D eigenvalue weighted by Gasteiger charge is 2.40. The van der Waals surface area contributed by atoms with Crippen LogP contribution in [0.4, 0.5) is 5.82 Å².